The number of amides is 1. The van der Waals surface area contributed by atoms with Gasteiger partial charge in [0.2, 0.25) is 0 Å². The first kappa shape index (κ1) is 15.0. The summed E-state index contributed by atoms with van der Waals surface area (Å²) < 4.78 is 10.8. The van der Waals surface area contributed by atoms with Gasteiger partial charge in [-0.05, 0) is 32.1 Å². The number of hydrogen-bond acceptors (Lipinski definition) is 4. The number of nitrogens with zero attached hydrogens (tertiary/aromatic N) is 1. The Kier molecular flexibility index (Phi) is 5.17. The van der Waals surface area contributed by atoms with Crippen molar-refractivity contribution in [1.82, 2.24) is 10.5 Å². The van der Waals surface area contributed by atoms with E-state index in [9.17, 15) is 4.79 Å². The molecular weight excluding hydrogens is 256 g/mol. The normalized spacial score (nSPS) is 14.8. The van der Waals surface area contributed by atoms with Crippen molar-refractivity contribution in [1.29, 1.82) is 0 Å². The van der Waals surface area contributed by atoms with E-state index < -0.39 is 0 Å². The molecule has 0 radical (unpaired) electrons. The maximum absolute atomic E-state index is 12.2. The minimum absolute atomic E-state index is 0.102. The predicted octanol–water partition coefficient (Wildman–Crippen LogP) is 2.65. The van der Waals surface area contributed by atoms with Crippen LogP contribution in [0.2, 0.25) is 0 Å². The summed E-state index contributed by atoms with van der Waals surface area (Å²) in [6.07, 6.45) is 3.45. The molecule has 1 aliphatic carbocycles. The van der Waals surface area contributed by atoms with E-state index in [1.807, 2.05) is 13.8 Å². The van der Waals surface area contributed by atoms with E-state index in [0.29, 0.717) is 30.2 Å². The Hall–Kier alpha value is -1.36. The molecule has 0 aliphatic heterocycles. The molecule has 1 N–H and O–H groups in total. The summed E-state index contributed by atoms with van der Waals surface area (Å²) in [6, 6.07) is 0. The molecule has 1 saturated carbocycles. The van der Waals surface area contributed by atoms with Gasteiger partial charge < -0.3 is 14.6 Å². The highest BCUT2D eigenvalue weighted by Crippen LogP contribution is 2.28. The van der Waals surface area contributed by atoms with Gasteiger partial charge in [-0.1, -0.05) is 19.0 Å². The Morgan fingerprint density at radius 1 is 1.50 bits per heavy atom. The summed E-state index contributed by atoms with van der Waals surface area (Å²) in [5, 5.41) is 6.79. The SMILES string of the molecule is Cc1noc(C(C)C)c1C(=O)NCCCOCC1CC1. The third-order valence-corrected chi connectivity index (χ3v) is 3.44. The minimum Gasteiger partial charge on any atom is -0.381 e. The highest BCUT2D eigenvalue weighted by Gasteiger charge is 2.22. The van der Waals surface area contributed by atoms with Crippen molar-refractivity contribution in [3.05, 3.63) is 17.0 Å². The number of hydrogen-bond donors (Lipinski definition) is 1. The molecule has 0 atom stereocenters. The number of carbonyl (C=O) groups is 1. The molecule has 0 aromatic carbocycles. The van der Waals surface area contributed by atoms with Crippen molar-refractivity contribution in [3.8, 4) is 0 Å². The molecule has 1 amide bonds. The summed E-state index contributed by atoms with van der Waals surface area (Å²) in [7, 11) is 0. The lowest BCUT2D eigenvalue weighted by Gasteiger charge is -2.07. The molecule has 1 heterocycles. The maximum Gasteiger partial charge on any atom is 0.256 e. The molecule has 0 bridgehead atoms. The van der Waals surface area contributed by atoms with E-state index in [0.717, 1.165) is 18.9 Å². The van der Waals surface area contributed by atoms with Gasteiger partial charge in [-0.15, -0.1) is 0 Å². The van der Waals surface area contributed by atoms with Crippen LogP contribution in [0.15, 0.2) is 4.52 Å². The molecule has 0 unspecified atom stereocenters. The third-order valence-electron chi connectivity index (χ3n) is 3.44. The van der Waals surface area contributed by atoms with Crippen LogP contribution in [-0.4, -0.2) is 30.8 Å². The molecule has 5 nitrogen and oxygen atoms in total. The maximum atomic E-state index is 12.2. The number of ether oxygens (including phenoxy) is 1. The lowest BCUT2D eigenvalue weighted by molar-refractivity contribution is 0.0934. The standard InChI is InChI=1S/C15H24N2O3/c1-10(2)14-13(11(3)17-20-14)15(18)16-7-4-8-19-9-12-5-6-12/h10,12H,4-9H2,1-3H3,(H,16,18). The van der Waals surface area contributed by atoms with Crippen molar-refractivity contribution in [3.63, 3.8) is 0 Å². The predicted molar refractivity (Wildman–Crippen MR) is 75.8 cm³/mol. The zero-order valence-electron chi connectivity index (χ0n) is 12.6. The van der Waals surface area contributed by atoms with Gasteiger partial charge in [0.25, 0.3) is 5.91 Å². The summed E-state index contributed by atoms with van der Waals surface area (Å²) in [5.41, 5.74) is 1.23. The molecule has 0 saturated heterocycles. The van der Waals surface area contributed by atoms with Gasteiger partial charge in [0, 0.05) is 25.7 Å². The van der Waals surface area contributed by atoms with Crippen LogP contribution in [0, 0.1) is 12.8 Å². The molecule has 1 aromatic rings. The van der Waals surface area contributed by atoms with Gasteiger partial charge in [-0.2, -0.15) is 0 Å². The Balaban J connectivity index is 1.72. The van der Waals surface area contributed by atoms with E-state index >= 15 is 0 Å². The summed E-state index contributed by atoms with van der Waals surface area (Å²) in [4.78, 5) is 12.2. The minimum atomic E-state index is -0.102. The number of aryl methyl sites for hydroxylation is 1. The number of rotatable bonds is 8. The Morgan fingerprint density at radius 3 is 2.90 bits per heavy atom. The van der Waals surface area contributed by atoms with E-state index in [1.165, 1.54) is 12.8 Å². The van der Waals surface area contributed by atoms with Crippen LogP contribution < -0.4 is 5.32 Å². The van der Waals surface area contributed by atoms with Crippen molar-refractivity contribution in [2.24, 2.45) is 5.92 Å². The lowest BCUT2D eigenvalue weighted by Crippen LogP contribution is -2.26. The Morgan fingerprint density at radius 2 is 2.25 bits per heavy atom. The van der Waals surface area contributed by atoms with Crippen LogP contribution in [0.1, 0.15) is 60.8 Å². The zero-order valence-corrected chi connectivity index (χ0v) is 12.6. The Bertz CT molecular complexity index is 450. The van der Waals surface area contributed by atoms with Crippen molar-refractivity contribution >= 4 is 5.91 Å². The number of nitrogens with one attached hydrogen (secondary N) is 1. The molecule has 5 heteroatoms. The van der Waals surface area contributed by atoms with Crippen LogP contribution in [-0.2, 0) is 4.74 Å². The molecule has 1 aromatic heterocycles. The van der Waals surface area contributed by atoms with E-state index in [4.69, 9.17) is 9.26 Å². The molecule has 2 rings (SSSR count). The van der Waals surface area contributed by atoms with Gasteiger partial charge >= 0.3 is 0 Å². The highest BCUT2D eigenvalue weighted by atomic mass is 16.5. The first-order valence-electron chi connectivity index (χ1n) is 7.41. The number of aromatic nitrogens is 1. The van der Waals surface area contributed by atoms with Crippen molar-refractivity contribution < 1.29 is 14.1 Å². The van der Waals surface area contributed by atoms with Crippen LogP contribution in [0.3, 0.4) is 0 Å². The average Bonchev–Trinajstić information content (AvgIpc) is 3.14. The monoisotopic (exact) mass is 280 g/mol. The summed E-state index contributed by atoms with van der Waals surface area (Å²) in [6.45, 7) is 7.96. The fourth-order valence-corrected chi connectivity index (χ4v) is 2.06. The Labute approximate surface area is 120 Å². The molecule has 112 valence electrons. The molecule has 0 spiro atoms. The molecule has 1 fully saturated rings. The van der Waals surface area contributed by atoms with Crippen molar-refractivity contribution in [2.75, 3.05) is 19.8 Å². The third kappa shape index (κ3) is 4.07. The topological polar surface area (TPSA) is 64.4 Å². The lowest BCUT2D eigenvalue weighted by atomic mass is 10.0. The largest absolute Gasteiger partial charge is 0.381 e. The first-order valence-corrected chi connectivity index (χ1v) is 7.41. The molecule has 1 aliphatic rings. The number of carbonyl (C=O) groups excluding carboxylic acids is 1. The zero-order chi connectivity index (χ0) is 14.5. The van der Waals surface area contributed by atoms with Crippen LogP contribution in [0.4, 0.5) is 0 Å². The molecular formula is C15H24N2O3. The second kappa shape index (κ2) is 6.88. The van der Waals surface area contributed by atoms with E-state index in [2.05, 4.69) is 10.5 Å². The smallest absolute Gasteiger partial charge is 0.256 e. The van der Waals surface area contributed by atoms with Gasteiger partial charge in [-0.25, -0.2) is 0 Å². The fourth-order valence-electron chi connectivity index (χ4n) is 2.06. The van der Waals surface area contributed by atoms with Gasteiger partial charge in [0.15, 0.2) is 5.76 Å². The van der Waals surface area contributed by atoms with Gasteiger partial charge in [0.05, 0.1) is 5.69 Å². The van der Waals surface area contributed by atoms with Crippen LogP contribution in [0.5, 0.6) is 0 Å². The highest BCUT2D eigenvalue weighted by molar-refractivity contribution is 5.96. The quantitative estimate of drug-likeness (QED) is 0.743. The van der Waals surface area contributed by atoms with E-state index in [1.54, 1.807) is 6.92 Å². The summed E-state index contributed by atoms with van der Waals surface area (Å²) in [5.74, 6) is 1.50. The second-order valence-electron chi connectivity index (χ2n) is 5.79. The first-order chi connectivity index (χ1) is 9.59. The molecule has 20 heavy (non-hydrogen) atoms. The summed E-state index contributed by atoms with van der Waals surface area (Å²) >= 11 is 0. The fraction of sp³-hybridized carbons (Fsp3) is 0.733. The van der Waals surface area contributed by atoms with Crippen LogP contribution in [0.25, 0.3) is 0 Å². The van der Waals surface area contributed by atoms with E-state index in [-0.39, 0.29) is 11.8 Å². The second-order valence-corrected chi connectivity index (χ2v) is 5.79. The van der Waals surface area contributed by atoms with Crippen molar-refractivity contribution in [2.45, 2.75) is 46.0 Å². The van der Waals surface area contributed by atoms with Crippen LogP contribution >= 0.6 is 0 Å². The average molecular weight is 280 g/mol. The van der Waals surface area contributed by atoms with Gasteiger partial charge in [-0.3, -0.25) is 4.79 Å². The van der Waals surface area contributed by atoms with Gasteiger partial charge in [0.1, 0.15) is 5.56 Å².